The Morgan fingerprint density at radius 2 is 2.00 bits per heavy atom. The summed E-state index contributed by atoms with van der Waals surface area (Å²) in [5.41, 5.74) is 0.928. The quantitative estimate of drug-likeness (QED) is 0.852. The molecule has 2 atom stereocenters. The molecule has 2 unspecified atom stereocenters. The summed E-state index contributed by atoms with van der Waals surface area (Å²) < 4.78 is 18.8. The van der Waals surface area contributed by atoms with Crippen molar-refractivity contribution in [3.63, 3.8) is 0 Å². The predicted molar refractivity (Wildman–Crippen MR) is 91.1 cm³/mol. The van der Waals surface area contributed by atoms with Gasteiger partial charge in [0.1, 0.15) is 11.9 Å². The number of ether oxygens (including phenoxy) is 1. The smallest absolute Gasteiger partial charge is 0.236 e. The number of benzene rings is 1. The van der Waals surface area contributed by atoms with Crippen molar-refractivity contribution in [1.29, 1.82) is 0 Å². The summed E-state index contributed by atoms with van der Waals surface area (Å²) in [5.74, 6) is 0.689. The molecule has 1 aromatic carbocycles. The van der Waals surface area contributed by atoms with Gasteiger partial charge in [-0.2, -0.15) is 0 Å². The Morgan fingerprint density at radius 1 is 1.21 bits per heavy atom. The number of carbonyl (C=O) groups is 1. The van der Waals surface area contributed by atoms with Gasteiger partial charge in [0.05, 0.1) is 19.7 Å². The van der Waals surface area contributed by atoms with Crippen LogP contribution in [0.15, 0.2) is 24.3 Å². The van der Waals surface area contributed by atoms with Crippen LogP contribution < -0.4 is 0 Å². The molecule has 3 rings (SSSR count). The Labute approximate surface area is 143 Å². The zero-order valence-electron chi connectivity index (χ0n) is 14.4. The van der Waals surface area contributed by atoms with Crippen molar-refractivity contribution in [2.45, 2.75) is 32.3 Å². The highest BCUT2D eigenvalue weighted by atomic mass is 19.1. The number of halogens is 1. The molecule has 0 aliphatic carbocycles. The lowest BCUT2D eigenvalue weighted by atomic mass is 10.0. The molecule has 5 heteroatoms. The summed E-state index contributed by atoms with van der Waals surface area (Å²) >= 11 is 0. The third-order valence-corrected chi connectivity index (χ3v) is 5.13. The first-order valence-electron chi connectivity index (χ1n) is 8.99. The van der Waals surface area contributed by atoms with Gasteiger partial charge in [-0.25, -0.2) is 4.39 Å². The molecule has 2 fully saturated rings. The highest BCUT2D eigenvalue weighted by Crippen LogP contribution is 2.23. The standard InChI is InChI=1S/C19H27FN2O2/c1-15-3-2-9-21(10-8-15)14-19(23)22-11-12-24-18(13-22)16-4-6-17(20)7-5-16/h4-7,15,18H,2-3,8-14H2,1H3. The fraction of sp³-hybridized carbons (Fsp3) is 0.632. The Bertz CT molecular complexity index is 549. The van der Waals surface area contributed by atoms with Crippen LogP contribution in [0.25, 0.3) is 0 Å². The Hall–Kier alpha value is -1.46. The number of hydrogen-bond donors (Lipinski definition) is 0. The molecule has 0 aromatic heterocycles. The van der Waals surface area contributed by atoms with E-state index in [-0.39, 0.29) is 17.8 Å². The van der Waals surface area contributed by atoms with Crippen molar-refractivity contribution >= 4 is 5.91 Å². The number of amides is 1. The first-order chi connectivity index (χ1) is 11.6. The predicted octanol–water partition coefficient (Wildman–Crippen LogP) is 2.85. The van der Waals surface area contributed by atoms with E-state index in [1.165, 1.54) is 31.4 Å². The van der Waals surface area contributed by atoms with Gasteiger partial charge in [-0.3, -0.25) is 9.69 Å². The molecule has 1 amide bonds. The molecule has 0 bridgehead atoms. The molecule has 2 aliphatic heterocycles. The number of hydrogen-bond acceptors (Lipinski definition) is 3. The lowest BCUT2D eigenvalue weighted by Crippen LogP contribution is -2.46. The average Bonchev–Trinajstić information content (AvgIpc) is 2.80. The van der Waals surface area contributed by atoms with Gasteiger partial charge in [0.2, 0.25) is 5.91 Å². The summed E-state index contributed by atoms with van der Waals surface area (Å²) in [6, 6.07) is 6.37. The first kappa shape index (κ1) is 17.4. The second-order valence-corrected chi connectivity index (χ2v) is 7.06. The average molecular weight is 334 g/mol. The van der Waals surface area contributed by atoms with Gasteiger partial charge in [0.25, 0.3) is 0 Å². The van der Waals surface area contributed by atoms with Crippen LogP contribution in [0.5, 0.6) is 0 Å². The van der Waals surface area contributed by atoms with Gasteiger partial charge < -0.3 is 9.64 Å². The molecule has 2 aliphatic rings. The summed E-state index contributed by atoms with van der Waals surface area (Å²) in [6.45, 7) is 6.55. The van der Waals surface area contributed by atoms with Crippen molar-refractivity contribution < 1.29 is 13.9 Å². The van der Waals surface area contributed by atoms with Crippen LogP contribution in [-0.4, -0.2) is 55.0 Å². The second-order valence-electron chi connectivity index (χ2n) is 7.06. The van der Waals surface area contributed by atoms with E-state index in [0.29, 0.717) is 26.2 Å². The fourth-order valence-corrected chi connectivity index (χ4v) is 3.53. The molecule has 0 spiro atoms. The highest BCUT2D eigenvalue weighted by Gasteiger charge is 2.27. The fourth-order valence-electron chi connectivity index (χ4n) is 3.53. The Balaban J connectivity index is 1.55. The van der Waals surface area contributed by atoms with E-state index in [0.717, 1.165) is 24.6 Å². The van der Waals surface area contributed by atoms with Crippen LogP contribution in [0.4, 0.5) is 4.39 Å². The number of likely N-dealkylation sites (tertiary alicyclic amines) is 1. The second kappa shape index (κ2) is 8.08. The summed E-state index contributed by atoms with van der Waals surface area (Å²) in [7, 11) is 0. The van der Waals surface area contributed by atoms with Crippen LogP contribution in [0.2, 0.25) is 0 Å². The largest absolute Gasteiger partial charge is 0.370 e. The minimum atomic E-state index is -0.252. The molecule has 24 heavy (non-hydrogen) atoms. The topological polar surface area (TPSA) is 32.8 Å². The molecular formula is C19H27FN2O2. The van der Waals surface area contributed by atoms with Crippen LogP contribution >= 0.6 is 0 Å². The molecule has 0 N–H and O–H groups in total. The maximum absolute atomic E-state index is 13.1. The third-order valence-electron chi connectivity index (χ3n) is 5.13. The van der Waals surface area contributed by atoms with Gasteiger partial charge in [-0.1, -0.05) is 19.1 Å². The maximum atomic E-state index is 13.1. The van der Waals surface area contributed by atoms with Gasteiger partial charge in [0.15, 0.2) is 0 Å². The van der Waals surface area contributed by atoms with Crippen LogP contribution in [-0.2, 0) is 9.53 Å². The monoisotopic (exact) mass is 334 g/mol. The van der Waals surface area contributed by atoms with Crippen LogP contribution in [0.3, 0.4) is 0 Å². The van der Waals surface area contributed by atoms with E-state index in [9.17, 15) is 9.18 Å². The molecule has 0 saturated carbocycles. The van der Waals surface area contributed by atoms with Gasteiger partial charge in [0, 0.05) is 6.54 Å². The van der Waals surface area contributed by atoms with Crippen molar-refractivity contribution in [3.8, 4) is 0 Å². The lowest BCUT2D eigenvalue weighted by Gasteiger charge is -2.34. The zero-order valence-corrected chi connectivity index (χ0v) is 14.4. The van der Waals surface area contributed by atoms with Gasteiger partial charge >= 0.3 is 0 Å². The Morgan fingerprint density at radius 3 is 2.79 bits per heavy atom. The van der Waals surface area contributed by atoms with E-state index >= 15 is 0 Å². The summed E-state index contributed by atoms with van der Waals surface area (Å²) in [6.07, 6.45) is 3.45. The van der Waals surface area contributed by atoms with E-state index in [2.05, 4.69) is 11.8 Å². The van der Waals surface area contributed by atoms with Crippen LogP contribution in [0.1, 0.15) is 37.9 Å². The summed E-state index contributed by atoms with van der Waals surface area (Å²) in [5, 5.41) is 0. The van der Waals surface area contributed by atoms with Crippen molar-refractivity contribution in [1.82, 2.24) is 9.80 Å². The van der Waals surface area contributed by atoms with Crippen molar-refractivity contribution in [3.05, 3.63) is 35.6 Å². The Kier molecular flexibility index (Phi) is 5.85. The molecule has 132 valence electrons. The number of morpholine rings is 1. The van der Waals surface area contributed by atoms with Gasteiger partial charge in [-0.05, 0) is 56.0 Å². The van der Waals surface area contributed by atoms with E-state index < -0.39 is 0 Å². The molecular weight excluding hydrogens is 307 g/mol. The van der Waals surface area contributed by atoms with Crippen molar-refractivity contribution in [2.24, 2.45) is 5.92 Å². The third kappa shape index (κ3) is 4.54. The molecule has 1 aromatic rings. The minimum absolute atomic E-state index is 0.160. The number of nitrogens with zero attached hydrogens (tertiary/aromatic N) is 2. The van der Waals surface area contributed by atoms with Crippen LogP contribution in [0, 0.1) is 11.7 Å². The van der Waals surface area contributed by atoms with E-state index in [4.69, 9.17) is 4.74 Å². The molecule has 2 heterocycles. The zero-order chi connectivity index (χ0) is 16.9. The summed E-state index contributed by atoms with van der Waals surface area (Å²) in [4.78, 5) is 16.8. The maximum Gasteiger partial charge on any atom is 0.236 e. The molecule has 0 radical (unpaired) electrons. The number of carbonyl (C=O) groups excluding carboxylic acids is 1. The molecule has 2 saturated heterocycles. The lowest BCUT2D eigenvalue weighted by molar-refractivity contribution is -0.140. The van der Waals surface area contributed by atoms with Gasteiger partial charge in [-0.15, -0.1) is 0 Å². The SMILES string of the molecule is CC1CCCN(CC(=O)N2CCOC(c3ccc(F)cc3)C2)CC1. The first-order valence-corrected chi connectivity index (χ1v) is 8.99. The van der Waals surface area contributed by atoms with E-state index in [1.54, 1.807) is 12.1 Å². The minimum Gasteiger partial charge on any atom is -0.370 e. The number of rotatable bonds is 3. The normalized spacial score (nSPS) is 26.2. The highest BCUT2D eigenvalue weighted by molar-refractivity contribution is 5.78. The van der Waals surface area contributed by atoms with Crippen molar-refractivity contribution in [2.75, 3.05) is 39.3 Å². The molecule has 4 nitrogen and oxygen atoms in total. The van der Waals surface area contributed by atoms with E-state index in [1.807, 2.05) is 4.90 Å².